The summed E-state index contributed by atoms with van der Waals surface area (Å²) in [6.45, 7) is 0. The van der Waals surface area contributed by atoms with Gasteiger partial charge in [-0.2, -0.15) is 0 Å². The Morgan fingerprint density at radius 2 is 1.67 bits per heavy atom. The predicted octanol–water partition coefficient (Wildman–Crippen LogP) is 1.38. The zero-order chi connectivity index (χ0) is 8.81. The Bertz CT molecular complexity index is 214. The molecule has 4 heteroatoms. The molecule has 0 unspecified atom stereocenters. The monoisotopic (exact) mass is 182 g/mol. The molecular weight excluding hydrogens is 170 g/mol. The molecule has 0 aliphatic heterocycles. The Morgan fingerprint density at radius 1 is 1.08 bits per heavy atom. The second-order valence-corrected chi connectivity index (χ2v) is 3.83. The number of anilines is 1. The van der Waals surface area contributed by atoms with Crippen LogP contribution in [0.1, 0.15) is 0 Å². The van der Waals surface area contributed by atoms with E-state index in [0.717, 1.165) is 5.69 Å². The highest BCUT2D eigenvalue weighted by atomic mass is 28.3. The molecule has 1 aromatic rings. The third-order valence-corrected chi connectivity index (χ3v) is 2.63. The smallest absolute Gasteiger partial charge is 0.380 e. The lowest BCUT2D eigenvalue weighted by molar-refractivity contribution is 0.285. The van der Waals surface area contributed by atoms with Gasteiger partial charge in [-0.3, -0.25) is 0 Å². The van der Waals surface area contributed by atoms with Crippen molar-refractivity contribution in [2.45, 2.75) is 0 Å². The van der Waals surface area contributed by atoms with Gasteiger partial charge in [0.15, 0.2) is 0 Å². The molecule has 1 radical (unpaired) electrons. The standard InChI is InChI=1S/C8H12NO2Si/c1-10-12(11-2)9-8-6-4-3-5-7-8/h3-7,9H,1-2H3. The first-order chi connectivity index (χ1) is 5.86. The van der Waals surface area contributed by atoms with E-state index in [1.165, 1.54) is 0 Å². The molecule has 12 heavy (non-hydrogen) atoms. The van der Waals surface area contributed by atoms with E-state index < -0.39 is 9.45 Å². The molecule has 0 aliphatic carbocycles. The van der Waals surface area contributed by atoms with E-state index in [0.29, 0.717) is 0 Å². The maximum atomic E-state index is 5.07. The van der Waals surface area contributed by atoms with Gasteiger partial charge in [-0.05, 0) is 12.1 Å². The average molecular weight is 182 g/mol. The predicted molar refractivity (Wildman–Crippen MR) is 49.8 cm³/mol. The van der Waals surface area contributed by atoms with Crippen LogP contribution in [0.5, 0.6) is 0 Å². The normalized spacial score (nSPS) is 10.2. The first kappa shape index (κ1) is 9.25. The highest BCUT2D eigenvalue weighted by molar-refractivity contribution is 6.48. The van der Waals surface area contributed by atoms with E-state index in [2.05, 4.69) is 4.98 Å². The molecule has 0 aliphatic rings. The summed E-state index contributed by atoms with van der Waals surface area (Å²) in [5.74, 6) is 0. The number of benzene rings is 1. The summed E-state index contributed by atoms with van der Waals surface area (Å²) in [4.78, 5) is 3.14. The summed E-state index contributed by atoms with van der Waals surface area (Å²) >= 11 is 0. The minimum absolute atomic E-state index is 1.02. The Hall–Kier alpha value is -0.843. The van der Waals surface area contributed by atoms with E-state index in [-0.39, 0.29) is 0 Å². The largest absolute Gasteiger partial charge is 0.525 e. The Balaban J connectivity index is 2.51. The fraction of sp³-hybridized carbons (Fsp3) is 0.250. The van der Waals surface area contributed by atoms with E-state index in [9.17, 15) is 0 Å². The van der Waals surface area contributed by atoms with Gasteiger partial charge in [0.05, 0.1) is 0 Å². The second kappa shape index (κ2) is 4.92. The highest BCUT2D eigenvalue weighted by Gasteiger charge is 2.11. The zero-order valence-corrected chi connectivity index (χ0v) is 8.20. The van der Waals surface area contributed by atoms with E-state index in [1.807, 2.05) is 30.3 Å². The first-order valence-corrected chi connectivity index (χ1v) is 4.95. The van der Waals surface area contributed by atoms with Gasteiger partial charge in [0.1, 0.15) is 0 Å². The maximum Gasteiger partial charge on any atom is 0.525 e. The number of rotatable bonds is 4. The van der Waals surface area contributed by atoms with Crippen molar-refractivity contribution in [2.24, 2.45) is 0 Å². The van der Waals surface area contributed by atoms with Gasteiger partial charge in [0.25, 0.3) is 0 Å². The van der Waals surface area contributed by atoms with Crippen molar-refractivity contribution in [3.05, 3.63) is 30.3 Å². The Labute approximate surface area is 74.2 Å². The van der Waals surface area contributed by atoms with Crippen molar-refractivity contribution in [3.8, 4) is 0 Å². The summed E-state index contributed by atoms with van der Waals surface area (Å²) in [7, 11) is 1.94. The molecule has 3 nitrogen and oxygen atoms in total. The van der Waals surface area contributed by atoms with Crippen LogP contribution in [0.25, 0.3) is 0 Å². The number of nitrogens with one attached hydrogen (secondary N) is 1. The SMILES string of the molecule is CO[Si](Nc1ccccc1)OC. The van der Waals surface area contributed by atoms with Crippen LogP contribution in [0.2, 0.25) is 0 Å². The van der Waals surface area contributed by atoms with Gasteiger partial charge >= 0.3 is 9.45 Å². The molecule has 0 saturated carbocycles. The van der Waals surface area contributed by atoms with Crippen LogP contribution in [0.15, 0.2) is 30.3 Å². The summed E-state index contributed by atoms with van der Waals surface area (Å²) in [6.07, 6.45) is 0. The van der Waals surface area contributed by atoms with Crippen molar-refractivity contribution in [1.82, 2.24) is 0 Å². The lowest BCUT2D eigenvalue weighted by Gasteiger charge is -2.10. The lowest BCUT2D eigenvalue weighted by atomic mass is 10.3. The zero-order valence-electron chi connectivity index (χ0n) is 7.20. The van der Waals surface area contributed by atoms with E-state index in [1.54, 1.807) is 14.2 Å². The molecule has 0 saturated heterocycles. The Kier molecular flexibility index (Phi) is 3.79. The van der Waals surface area contributed by atoms with Gasteiger partial charge in [-0.1, -0.05) is 18.2 Å². The fourth-order valence-electron chi connectivity index (χ4n) is 0.825. The van der Waals surface area contributed by atoms with Gasteiger partial charge in [-0.15, -0.1) is 0 Å². The van der Waals surface area contributed by atoms with Gasteiger partial charge in [0, 0.05) is 19.9 Å². The van der Waals surface area contributed by atoms with Crippen LogP contribution in [0, 0.1) is 0 Å². The summed E-state index contributed by atoms with van der Waals surface area (Å²) < 4.78 is 10.1. The summed E-state index contributed by atoms with van der Waals surface area (Å²) in [5.41, 5.74) is 1.02. The quantitative estimate of drug-likeness (QED) is 0.713. The highest BCUT2D eigenvalue weighted by Crippen LogP contribution is 2.05. The molecule has 0 fully saturated rings. The fourth-order valence-corrected chi connectivity index (χ4v) is 1.60. The second-order valence-electron chi connectivity index (χ2n) is 2.19. The van der Waals surface area contributed by atoms with E-state index >= 15 is 0 Å². The molecule has 0 atom stereocenters. The van der Waals surface area contributed by atoms with Gasteiger partial charge < -0.3 is 13.8 Å². The minimum atomic E-state index is -1.33. The van der Waals surface area contributed by atoms with Crippen molar-refractivity contribution in [2.75, 3.05) is 19.2 Å². The number of hydrogen-bond acceptors (Lipinski definition) is 3. The molecular formula is C8H12NO2Si. The maximum absolute atomic E-state index is 5.07. The first-order valence-electron chi connectivity index (χ1n) is 3.64. The number of hydrogen-bond donors (Lipinski definition) is 1. The van der Waals surface area contributed by atoms with Crippen LogP contribution >= 0.6 is 0 Å². The molecule has 65 valence electrons. The molecule has 0 spiro atoms. The Morgan fingerprint density at radius 3 is 2.17 bits per heavy atom. The lowest BCUT2D eigenvalue weighted by Crippen LogP contribution is -2.29. The van der Waals surface area contributed by atoms with Crippen LogP contribution in [-0.2, 0) is 8.85 Å². The van der Waals surface area contributed by atoms with Crippen molar-refractivity contribution in [1.29, 1.82) is 0 Å². The van der Waals surface area contributed by atoms with Crippen molar-refractivity contribution in [3.63, 3.8) is 0 Å². The molecule has 1 N–H and O–H groups in total. The van der Waals surface area contributed by atoms with E-state index in [4.69, 9.17) is 8.85 Å². The minimum Gasteiger partial charge on any atom is -0.380 e. The molecule has 0 aromatic heterocycles. The van der Waals surface area contributed by atoms with Crippen molar-refractivity contribution < 1.29 is 8.85 Å². The summed E-state index contributed by atoms with van der Waals surface area (Å²) in [5, 5.41) is 0. The molecule has 0 bridgehead atoms. The van der Waals surface area contributed by atoms with Crippen LogP contribution in [-0.4, -0.2) is 23.7 Å². The average Bonchev–Trinajstić information content (AvgIpc) is 2.16. The molecule has 1 rings (SSSR count). The summed E-state index contributed by atoms with van der Waals surface area (Å²) in [6, 6.07) is 9.85. The van der Waals surface area contributed by atoms with Crippen LogP contribution in [0.4, 0.5) is 5.69 Å². The van der Waals surface area contributed by atoms with Crippen LogP contribution < -0.4 is 4.98 Å². The molecule has 0 heterocycles. The van der Waals surface area contributed by atoms with Gasteiger partial charge in [0.2, 0.25) is 0 Å². The third kappa shape index (κ3) is 2.65. The third-order valence-electron chi connectivity index (χ3n) is 1.39. The number of para-hydroxylation sites is 1. The van der Waals surface area contributed by atoms with Gasteiger partial charge in [-0.25, -0.2) is 0 Å². The molecule has 1 aromatic carbocycles. The van der Waals surface area contributed by atoms with Crippen LogP contribution in [0.3, 0.4) is 0 Å². The topological polar surface area (TPSA) is 30.5 Å². The molecule has 0 amide bonds. The van der Waals surface area contributed by atoms with Crippen molar-refractivity contribution >= 4 is 15.1 Å².